The maximum absolute atomic E-state index is 12.5. The third kappa shape index (κ3) is 5.21. The van der Waals surface area contributed by atoms with Crippen LogP contribution in [-0.2, 0) is 23.7 Å². The van der Waals surface area contributed by atoms with Gasteiger partial charge < -0.3 is 24.3 Å². The normalized spacial score (nSPS) is 23.2. The van der Waals surface area contributed by atoms with Gasteiger partial charge >= 0.3 is 12.1 Å². The second-order valence-corrected chi connectivity index (χ2v) is 6.32. The highest BCUT2D eigenvalue weighted by Gasteiger charge is 2.55. The van der Waals surface area contributed by atoms with E-state index in [1.165, 1.54) is 0 Å². The molecule has 1 saturated heterocycles. The molecule has 0 aromatic carbocycles. The van der Waals surface area contributed by atoms with Crippen molar-refractivity contribution in [3.63, 3.8) is 0 Å². The first-order valence-corrected chi connectivity index (χ1v) is 7.75. The van der Waals surface area contributed by atoms with Crippen molar-refractivity contribution >= 4 is 12.1 Å². The zero-order valence-corrected chi connectivity index (χ0v) is 14.5. The number of amides is 1. The van der Waals surface area contributed by atoms with E-state index in [4.69, 9.17) is 18.9 Å². The van der Waals surface area contributed by atoms with Gasteiger partial charge in [0.05, 0.1) is 6.61 Å². The molecule has 0 radical (unpaired) electrons. The predicted octanol–water partition coefficient (Wildman–Crippen LogP) is 2.50. The summed E-state index contributed by atoms with van der Waals surface area (Å²) in [6, 6.07) is 0. The number of alkyl carbamates (subject to hydrolysis) is 1. The highest BCUT2D eigenvalue weighted by molar-refractivity contribution is 5.86. The van der Waals surface area contributed by atoms with Crippen molar-refractivity contribution in [1.82, 2.24) is 5.32 Å². The van der Waals surface area contributed by atoms with Gasteiger partial charge in [-0.2, -0.15) is 0 Å². The number of carbonyl (C=O) groups excluding carboxylic acids is 2. The Kier molecular flexibility index (Phi) is 6.58. The molecule has 132 valence electrons. The minimum atomic E-state index is -1.47. The Hall–Kier alpha value is -1.60. The monoisotopic (exact) mass is 329 g/mol. The highest BCUT2D eigenvalue weighted by atomic mass is 16.9. The second kappa shape index (κ2) is 7.79. The highest BCUT2D eigenvalue weighted by Crippen LogP contribution is 2.32. The topological polar surface area (TPSA) is 83.1 Å². The third-order valence-electron chi connectivity index (χ3n) is 3.14. The maximum Gasteiger partial charge on any atom is 0.408 e. The minimum Gasteiger partial charge on any atom is -0.464 e. The van der Waals surface area contributed by atoms with Crippen LogP contribution in [0.5, 0.6) is 0 Å². The van der Waals surface area contributed by atoms with Gasteiger partial charge in [0.15, 0.2) is 18.1 Å². The fraction of sp³-hybridized carbons (Fsp3) is 0.750. The molecular weight excluding hydrogens is 302 g/mol. The minimum absolute atomic E-state index is 0.174. The van der Waals surface area contributed by atoms with Crippen LogP contribution in [0, 0.1) is 0 Å². The molecule has 23 heavy (non-hydrogen) atoms. The first kappa shape index (κ1) is 19.4. The average molecular weight is 329 g/mol. The summed E-state index contributed by atoms with van der Waals surface area (Å²) in [4.78, 5) is 24.7. The van der Waals surface area contributed by atoms with Crippen LogP contribution in [0.2, 0.25) is 0 Å². The van der Waals surface area contributed by atoms with E-state index in [1.54, 1.807) is 40.7 Å². The van der Waals surface area contributed by atoms with Gasteiger partial charge in [0.1, 0.15) is 5.60 Å². The van der Waals surface area contributed by atoms with Crippen LogP contribution in [0.15, 0.2) is 12.7 Å². The predicted molar refractivity (Wildman–Crippen MR) is 83.6 cm³/mol. The van der Waals surface area contributed by atoms with Crippen LogP contribution >= 0.6 is 0 Å². The molecule has 7 heteroatoms. The van der Waals surface area contributed by atoms with Gasteiger partial charge in [0.25, 0.3) is 0 Å². The van der Waals surface area contributed by atoms with Crippen molar-refractivity contribution in [1.29, 1.82) is 0 Å². The van der Waals surface area contributed by atoms with Gasteiger partial charge in [-0.3, -0.25) is 0 Å². The number of rotatable bonds is 7. The van der Waals surface area contributed by atoms with Crippen molar-refractivity contribution < 1.29 is 28.5 Å². The van der Waals surface area contributed by atoms with Gasteiger partial charge in [0, 0.05) is 0 Å². The maximum atomic E-state index is 12.5. The first-order valence-electron chi connectivity index (χ1n) is 7.75. The molecule has 0 bridgehead atoms. The summed E-state index contributed by atoms with van der Waals surface area (Å²) in [6.45, 7) is 12.4. The average Bonchev–Trinajstić information content (AvgIpc) is 2.38. The van der Waals surface area contributed by atoms with Crippen molar-refractivity contribution in [3.05, 3.63) is 12.7 Å². The van der Waals surface area contributed by atoms with Crippen molar-refractivity contribution in [2.45, 2.75) is 71.2 Å². The number of ether oxygens (including phenoxy) is 4. The Bertz CT molecular complexity index is 438. The van der Waals surface area contributed by atoms with Crippen LogP contribution in [0.4, 0.5) is 4.79 Å². The molecule has 0 spiro atoms. The van der Waals surface area contributed by atoms with E-state index in [1.807, 2.05) is 0 Å². The lowest BCUT2D eigenvalue weighted by molar-refractivity contribution is -0.395. The number of hydrogen-bond donors (Lipinski definition) is 1. The van der Waals surface area contributed by atoms with E-state index in [2.05, 4.69) is 11.9 Å². The van der Waals surface area contributed by atoms with Crippen LogP contribution in [-0.4, -0.2) is 42.4 Å². The van der Waals surface area contributed by atoms with Crippen LogP contribution < -0.4 is 5.32 Å². The SMILES string of the molecule is C=CCCC(NC(=O)OC(C)(C)C)(C(=O)OCC)C1OC(C)O1. The smallest absolute Gasteiger partial charge is 0.408 e. The Morgan fingerprint density at radius 3 is 2.35 bits per heavy atom. The van der Waals surface area contributed by atoms with Gasteiger partial charge in [-0.1, -0.05) is 6.08 Å². The Balaban J connectivity index is 3.02. The lowest BCUT2D eigenvalue weighted by Crippen LogP contribution is -2.68. The lowest BCUT2D eigenvalue weighted by Gasteiger charge is -2.45. The van der Waals surface area contributed by atoms with E-state index in [9.17, 15) is 9.59 Å². The van der Waals surface area contributed by atoms with Crippen molar-refractivity contribution in [2.75, 3.05) is 6.61 Å². The molecule has 1 aliphatic heterocycles. The van der Waals surface area contributed by atoms with Crippen LogP contribution in [0.1, 0.15) is 47.5 Å². The summed E-state index contributed by atoms with van der Waals surface area (Å²) < 4.78 is 21.3. The molecule has 0 aromatic heterocycles. The van der Waals surface area contributed by atoms with Gasteiger partial charge in [-0.25, -0.2) is 9.59 Å². The molecule has 1 amide bonds. The van der Waals surface area contributed by atoms with Gasteiger partial charge in [0.2, 0.25) is 0 Å². The van der Waals surface area contributed by atoms with Gasteiger partial charge in [-0.15, -0.1) is 6.58 Å². The van der Waals surface area contributed by atoms with Crippen molar-refractivity contribution in [2.24, 2.45) is 0 Å². The summed E-state index contributed by atoms with van der Waals surface area (Å²) in [5.41, 5.74) is -2.17. The fourth-order valence-electron chi connectivity index (χ4n) is 2.15. The number of nitrogens with one attached hydrogen (secondary N) is 1. The number of allylic oxidation sites excluding steroid dienone is 1. The lowest BCUT2D eigenvalue weighted by atomic mass is 9.91. The number of hydrogen-bond acceptors (Lipinski definition) is 6. The standard InChI is InChI=1S/C16H27NO6/c1-7-9-10-16(12(18)20-8-2,13-21-11(3)22-13)17-14(19)23-15(4,5)6/h7,11,13H,1,8-10H2,2-6H3,(H,17,19). The van der Waals surface area contributed by atoms with E-state index in [-0.39, 0.29) is 13.0 Å². The Labute approximate surface area is 137 Å². The largest absolute Gasteiger partial charge is 0.464 e. The molecule has 0 saturated carbocycles. The zero-order valence-electron chi connectivity index (χ0n) is 14.5. The van der Waals surface area contributed by atoms with Crippen molar-refractivity contribution in [3.8, 4) is 0 Å². The second-order valence-electron chi connectivity index (χ2n) is 6.32. The van der Waals surface area contributed by atoms with E-state index < -0.39 is 35.8 Å². The Morgan fingerprint density at radius 2 is 1.91 bits per heavy atom. The molecule has 1 unspecified atom stereocenters. The molecular formula is C16H27NO6. The molecule has 7 nitrogen and oxygen atoms in total. The quantitative estimate of drug-likeness (QED) is 0.571. The zero-order chi connectivity index (χ0) is 17.7. The molecule has 1 heterocycles. The van der Waals surface area contributed by atoms with E-state index in [0.29, 0.717) is 6.42 Å². The van der Waals surface area contributed by atoms with Crippen LogP contribution in [0.3, 0.4) is 0 Å². The third-order valence-corrected chi connectivity index (χ3v) is 3.14. The molecule has 1 fully saturated rings. The Morgan fingerprint density at radius 1 is 1.30 bits per heavy atom. The summed E-state index contributed by atoms with van der Waals surface area (Å²) in [5.74, 6) is -0.621. The molecule has 0 aliphatic carbocycles. The van der Waals surface area contributed by atoms with Crippen LogP contribution in [0.25, 0.3) is 0 Å². The fourth-order valence-corrected chi connectivity index (χ4v) is 2.15. The number of esters is 1. The van der Waals surface area contributed by atoms with Gasteiger partial charge in [-0.05, 0) is 47.5 Å². The molecule has 1 rings (SSSR count). The summed E-state index contributed by atoms with van der Waals surface area (Å²) in [6.07, 6.45) is 0.230. The van der Waals surface area contributed by atoms with E-state index in [0.717, 1.165) is 0 Å². The number of carbonyl (C=O) groups is 2. The summed E-state index contributed by atoms with van der Waals surface area (Å²) >= 11 is 0. The first-order chi connectivity index (χ1) is 10.6. The molecule has 1 atom stereocenters. The van der Waals surface area contributed by atoms with E-state index >= 15 is 0 Å². The summed E-state index contributed by atoms with van der Waals surface area (Å²) in [7, 11) is 0. The molecule has 1 aliphatic rings. The molecule has 0 aromatic rings. The summed E-state index contributed by atoms with van der Waals surface area (Å²) in [5, 5.41) is 2.60. The molecule has 1 N–H and O–H groups in total.